The third-order valence-corrected chi connectivity index (χ3v) is 3.35. The van der Waals surface area contributed by atoms with Crippen LogP contribution < -0.4 is 10.6 Å². The average Bonchev–Trinajstić information content (AvgIpc) is 2.41. The number of benzene rings is 1. The lowest BCUT2D eigenvalue weighted by Crippen LogP contribution is -2.06. The Labute approximate surface area is 123 Å². The van der Waals surface area contributed by atoms with Gasteiger partial charge in [-0.15, -0.1) is 0 Å². The number of anilines is 2. The number of nitrogens with zero attached hydrogens (tertiary/aromatic N) is 1. The molecule has 0 fully saturated rings. The molecule has 100 valence electrons. The fourth-order valence-corrected chi connectivity index (χ4v) is 2.24. The number of halogens is 2. The molecule has 19 heavy (non-hydrogen) atoms. The first kappa shape index (κ1) is 14.0. The molecule has 0 amide bonds. The van der Waals surface area contributed by atoms with Crippen LogP contribution in [-0.2, 0) is 6.42 Å². The van der Waals surface area contributed by atoms with Gasteiger partial charge in [-0.05, 0) is 30.2 Å². The SMILES string of the molecule is CNc1cncc(NCCc2ccc(Cl)cc2Cl)c1. The second kappa shape index (κ2) is 6.64. The second-order valence-electron chi connectivity index (χ2n) is 4.12. The van der Waals surface area contributed by atoms with Gasteiger partial charge < -0.3 is 10.6 Å². The molecule has 0 bridgehead atoms. The maximum Gasteiger partial charge on any atom is 0.0547 e. The molecule has 5 heteroatoms. The Bertz CT molecular complexity index is 558. The molecule has 0 aliphatic rings. The Morgan fingerprint density at radius 3 is 2.63 bits per heavy atom. The lowest BCUT2D eigenvalue weighted by Gasteiger charge is -2.09. The fourth-order valence-electron chi connectivity index (χ4n) is 1.74. The highest BCUT2D eigenvalue weighted by Crippen LogP contribution is 2.21. The van der Waals surface area contributed by atoms with E-state index in [1.807, 2.05) is 25.2 Å². The van der Waals surface area contributed by atoms with E-state index in [0.29, 0.717) is 10.0 Å². The Morgan fingerprint density at radius 2 is 1.89 bits per heavy atom. The summed E-state index contributed by atoms with van der Waals surface area (Å²) < 4.78 is 0. The Balaban J connectivity index is 1.92. The van der Waals surface area contributed by atoms with Crippen molar-refractivity contribution in [3.05, 3.63) is 52.3 Å². The van der Waals surface area contributed by atoms with Crippen molar-refractivity contribution in [3.8, 4) is 0 Å². The molecule has 0 atom stereocenters. The number of nitrogens with one attached hydrogen (secondary N) is 2. The summed E-state index contributed by atoms with van der Waals surface area (Å²) in [6, 6.07) is 7.58. The van der Waals surface area contributed by atoms with Crippen molar-refractivity contribution in [2.45, 2.75) is 6.42 Å². The van der Waals surface area contributed by atoms with Gasteiger partial charge in [-0.3, -0.25) is 4.98 Å². The van der Waals surface area contributed by atoms with Gasteiger partial charge in [-0.2, -0.15) is 0 Å². The van der Waals surface area contributed by atoms with Crippen molar-refractivity contribution >= 4 is 34.6 Å². The monoisotopic (exact) mass is 295 g/mol. The number of pyridine rings is 1. The van der Waals surface area contributed by atoms with Crippen molar-refractivity contribution in [2.24, 2.45) is 0 Å². The van der Waals surface area contributed by atoms with Crippen LogP contribution in [0.25, 0.3) is 0 Å². The van der Waals surface area contributed by atoms with E-state index in [4.69, 9.17) is 23.2 Å². The molecule has 0 saturated carbocycles. The predicted octanol–water partition coefficient (Wildman–Crippen LogP) is 4.08. The van der Waals surface area contributed by atoms with Crippen LogP contribution in [0.3, 0.4) is 0 Å². The lowest BCUT2D eigenvalue weighted by molar-refractivity contribution is 1.02. The van der Waals surface area contributed by atoms with Gasteiger partial charge in [0.05, 0.1) is 23.8 Å². The zero-order valence-corrected chi connectivity index (χ0v) is 12.1. The summed E-state index contributed by atoms with van der Waals surface area (Å²) in [7, 11) is 1.87. The van der Waals surface area contributed by atoms with Gasteiger partial charge >= 0.3 is 0 Å². The smallest absolute Gasteiger partial charge is 0.0547 e. The van der Waals surface area contributed by atoms with Crippen molar-refractivity contribution in [3.63, 3.8) is 0 Å². The van der Waals surface area contributed by atoms with Gasteiger partial charge in [0.1, 0.15) is 0 Å². The van der Waals surface area contributed by atoms with E-state index in [-0.39, 0.29) is 0 Å². The quantitative estimate of drug-likeness (QED) is 0.872. The van der Waals surface area contributed by atoms with Crippen LogP contribution in [-0.4, -0.2) is 18.6 Å². The van der Waals surface area contributed by atoms with Crippen molar-refractivity contribution in [2.75, 3.05) is 24.2 Å². The van der Waals surface area contributed by atoms with E-state index in [1.165, 1.54) is 0 Å². The normalized spacial score (nSPS) is 10.3. The summed E-state index contributed by atoms with van der Waals surface area (Å²) in [5.41, 5.74) is 3.04. The van der Waals surface area contributed by atoms with E-state index in [9.17, 15) is 0 Å². The molecule has 0 saturated heterocycles. The summed E-state index contributed by atoms with van der Waals surface area (Å²) in [6.45, 7) is 0.788. The number of hydrogen-bond acceptors (Lipinski definition) is 3. The average molecular weight is 296 g/mol. The minimum atomic E-state index is 0.660. The van der Waals surface area contributed by atoms with Crippen LogP contribution in [0.2, 0.25) is 10.0 Å². The zero-order chi connectivity index (χ0) is 13.7. The minimum absolute atomic E-state index is 0.660. The van der Waals surface area contributed by atoms with E-state index < -0.39 is 0 Å². The largest absolute Gasteiger partial charge is 0.387 e. The molecular weight excluding hydrogens is 281 g/mol. The molecule has 0 aliphatic carbocycles. The molecule has 0 radical (unpaired) electrons. The maximum atomic E-state index is 6.12. The number of rotatable bonds is 5. The van der Waals surface area contributed by atoms with Crippen LogP contribution in [0.15, 0.2) is 36.7 Å². The molecule has 1 heterocycles. The van der Waals surface area contributed by atoms with Crippen LogP contribution >= 0.6 is 23.2 Å². The molecule has 3 nitrogen and oxygen atoms in total. The number of aromatic nitrogens is 1. The summed E-state index contributed by atoms with van der Waals surface area (Å²) >= 11 is 12.0. The van der Waals surface area contributed by atoms with E-state index in [0.717, 1.165) is 29.9 Å². The van der Waals surface area contributed by atoms with E-state index >= 15 is 0 Å². The Kier molecular flexibility index (Phi) is 4.88. The van der Waals surface area contributed by atoms with Gasteiger partial charge in [0.15, 0.2) is 0 Å². The summed E-state index contributed by atoms with van der Waals surface area (Å²) in [6.07, 6.45) is 4.41. The first-order chi connectivity index (χ1) is 9.19. The summed E-state index contributed by atoms with van der Waals surface area (Å²) in [5, 5.41) is 7.73. The summed E-state index contributed by atoms with van der Waals surface area (Å²) in [4.78, 5) is 4.14. The highest BCUT2D eigenvalue weighted by Gasteiger charge is 2.01. The van der Waals surface area contributed by atoms with Crippen molar-refractivity contribution in [1.82, 2.24) is 4.98 Å². The number of hydrogen-bond donors (Lipinski definition) is 2. The van der Waals surface area contributed by atoms with Gasteiger partial charge in [0.2, 0.25) is 0 Å². The van der Waals surface area contributed by atoms with Gasteiger partial charge in [-0.25, -0.2) is 0 Å². The molecule has 1 aromatic heterocycles. The highest BCUT2D eigenvalue weighted by molar-refractivity contribution is 6.35. The van der Waals surface area contributed by atoms with Gasteiger partial charge in [-0.1, -0.05) is 29.3 Å². The molecule has 0 aliphatic heterocycles. The molecule has 2 rings (SSSR count). The molecule has 0 unspecified atom stereocenters. The third kappa shape index (κ3) is 4.01. The molecule has 1 aromatic carbocycles. The molecule has 0 spiro atoms. The van der Waals surface area contributed by atoms with Crippen molar-refractivity contribution in [1.29, 1.82) is 0 Å². The molecule has 2 N–H and O–H groups in total. The Morgan fingerprint density at radius 1 is 1.11 bits per heavy atom. The van der Waals surface area contributed by atoms with Crippen LogP contribution in [0, 0.1) is 0 Å². The first-order valence-electron chi connectivity index (χ1n) is 5.99. The first-order valence-corrected chi connectivity index (χ1v) is 6.75. The van der Waals surface area contributed by atoms with Gasteiger partial charge in [0, 0.05) is 23.6 Å². The highest BCUT2D eigenvalue weighted by atomic mass is 35.5. The minimum Gasteiger partial charge on any atom is -0.387 e. The maximum absolute atomic E-state index is 6.12. The Hall–Kier alpha value is -1.45. The van der Waals surface area contributed by atoms with Crippen LogP contribution in [0.1, 0.15) is 5.56 Å². The van der Waals surface area contributed by atoms with Gasteiger partial charge in [0.25, 0.3) is 0 Å². The standard InChI is InChI=1S/C14H15Cl2N3/c1-17-12-7-13(9-18-8-12)19-5-4-10-2-3-11(15)6-14(10)16/h2-3,6-9,17,19H,4-5H2,1H3. The predicted molar refractivity (Wildman–Crippen MR) is 82.4 cm³/mol. The molecular formula is C14H15Cl2N3. The van der Waals surface area contributed by atoms with Crippen LogP contribution in [0.4, 0.5) is 11.4 Å². The van der Waals surface area contributed by atoms with Crippen LogP contribution in [0.5, 0.6) is 0 Å². The summed E-state index contributed by atoms with van der Waals surface area (Å²) in [5.74, 6) is 0. The zero-order valence-electron chi connectivity index (χ0n) is 10.6. The van der Waals surface area contributed by atoms with E-state index in [1.54, 1.807) is 18.5 Å². The van der Waals surface area contributed by atoms with Crippen molar-refractivity contribution < 1.29 is 0 Å². The molecule has 2 aromatic rings. The van der Waals surface area contributed by atoms with E-state index in [2.05, 4.69) is 15.6 Å². The topological polar surface area (TPSA) is 37.0 Å². The second-order valence-corrected chi connectivity index (χ2v) is 4.97. The third-order valence-electron chi connectivity index (χ3n) is 2.77. The fraction of sp³-hybridized carbons (Fsp3) is 0.214. The lowest BCUT2D eigenvalue weighted by atomic mass is 10.1.